The third-order valence-electron chi connectivity index (χ3n) is 3.39. The first-order valence-electron chi connectivity index (χ1n) is 6.26. The summed E-state index contributed by atoms with van der Waals surface area (Å²) in [7, 11) is 0. The predicted octanol–water partition coefficient (Wildman–Crippen LogP) is 4.65. The van der Waals surface area contributed by atoms with Crippen molar-refractivity contribution in [2.75, 3.05) is 12.4 Å². The van der Waals surface area contributed by atoms with E-state index >= 15 is 0 Å². The van der Waals surface area contributed by atoms with Gasteiger partial charge in [0.2, 0.25) is 0 Å². The van der Waals surface area contributed by atoms with E-state index in [9.17, 15) is 4.39 Å². The molecule has 0 aliphatic heterocycles. The van der Waals surface area contributed by atoms with Crippen molar-refractivity contribution >= 4 is 39.4 Å². The highest BCUT2D eigenvalue weighted by Gasteiger charge is 2.19. The van der Waals surface area contributed by atoms with Crippen molar-refractivity contribution in [3.05, 3.63) is 50.6 Å². The van der Waals surface area contributed by atoms with E-state index < -0.39 is 6.67 Å². The van der Waals surface area contributed by atoms with E-state index in [1.807, 2.05) is 6.07 Å². The summed E-state index contributed by atoms with van der Waals surface area (Å²) < 4.78 is 13.1. The van der Waals surface area contributed by atoms with E-state index in [0.29, 0.717) is 17.1 Å². The zero-order valence-corrected chi connectivity index (χ0v) is 13.3. The van der Waals surface area contributed by atoms with Crippen molar-refractivity contribution in [3.63, 3.8) is 0 Å². The number of aliphatic imine (C=N–C) groups is 1. The number of nitrogen functional groups attached to an aromatic ring is 1. The van der Waals surface area contributed by atoms with E-state index in [4.69, 9.17) is 17.3 Å². The molecule has 2 rings (SSSR count). The zero-order chi connectivity index (χ0) is 14.7. The van der Waals surface area contributed by atoms with Crippen LogP contribution in [0.25, 0.3) is 0 Å². The molecule has 0 saturated heterocycles. The molecular formula is C15H15BrClFN2. The molecular weight excluding hydrogens is 343 g/mol. The molecule has 106 valence electrons. The van der Waals surface area contributed by atoms with Gasteiger partial charge in [-0.2, -0.15) is 0 Å². The Hall–Kier alpha value is -1.13. The Bertz CT molecular complexity index is 608. The van der Waals surface area contributed by atoms with Crippen molar-refractivity contribution in [1.82, 2.24) is 0 Å². The van der Waals surface area contributed by atoms with Gasteiger partial charge in [0.25, 0.3) is 0 Å². The van der Waals surface area contributed by atoms with Crippen molar-refractivity contribution < 1.29 is 4.39 Å². The van der Waals surface area contributed by atoms with Gasteiger partial charge in [0, 0.05) is 22.8 Å². The summed E-state index contributed by atoms with van der Waals surface area (Å²) in [6, 6.07) is 1.90. The van der Waals surface area contributed by atoms with Crippen LogP contribution in [0.1, 0.15) is 17.5 Å². The lowest BCUT2D eigenvalue weighted by Crippen LogP contribution is -2.00. The molecule has 2 N–H and O–H groups in total. The maximum atomic E-state index is 12.3. The minimum Gasteiger partial charge on any atom is -0.397 e. The molecule has 0 saturated carbocycles. The van der Waals surface area contributed by atoms with Gasteiger partial charge in [-0.25, -0.2) is 4.39 Å². The smallest absolute Gasteiger partial charge is 0.125 e. The normalized spacial score (nSPS) is 15.3. The number of nitrogens with zero attached hydrogens (tertiary/aromatic N) is 1. The topological polar surface area (TPSA) is 38.4 Å². The maximum absolute atomic E-state index is 12.3. The summed E-state index contributed by atoms with van der Waals surface area (Å²) in [5, 5.41) is 0.548. The molecule has 5 heteroatoms. The van der Waals surface area contributed by atoms with Crippen LogP contribution in [0.5, 0.6) is 0 Å². The second kappa shape index (κ2) is 6.55. The van der Waals surface area contributed by atoms with Crippen LogP contribution in [-0.2, 0) is 12.8 Å². The monoisotopic (exact) mass is 356 g/mol. The second-order valence-electron chi connectivity index (χ2n) is 4.54. The lowest BCUT2D eigenvalue weighted by Gasteiger charge is -2.12. The van der Waals surface area contributed by atoms with Gasteiger partial charge in [-0.1, -0.05) is 24.3 Å². The molecule has 1 aromatic carbocycles. The summed E-state index contributed by atoms with van der Waals surface area (Å²) in [5.41, 5.74) is 10.6. The number of alkyl halides is 1. The molecule has 0 heterocycles. The van der Waals surface area contributed by atoms with E-state index in [1.165, 1.54) is 6.21 Å². The molecule has 0 unspecified atom stereocenters. The molecule has 0 fully saturated rings. The van der Waals surface area contributed by atoms with Gasteiger partial charge in [-0.3, -0.25) is 4.99 Å². The largest absolute Gasteiger partial charge is 0.397 e. The molecule has 1 aliphatic rings. The van der Waals surface area contributed by atoms with Crippen LogP contribution in [-0.4, -0.2) is 12.9 Å². The van der Waals surface area contributed by atoms with Crippen LogP contribution < -0.4 is 5.73 Å². The van der Waals surface area contributed by atoms with E-state index in [2.05, 4.69) is 27.5 Å². The van der Waals surface area contributed by atoms with E-state index in [-0.39, 0.29) is 0 Å². The fraction of sp³-hybridized carbons (Fsp3) is 0.267. The first-order chi connectivity index (χ1) is 9.58. The molecule has 0 aromatic heterocycles. The van der Waals surface area contributed by atoms with Gasteiger partial charge >= 0.3 is 0 Å². The molecule has 0 radical (unpaired) electrons. The number of rotatable bonds is 3. The fourth-order valence-corrected chi connectivity index (χ4v) is 3.28. The summed E-state index contributed by atoms with van der Waals surface area (Å²) in [4.78, 5) is 4.22. The van der Waals surface area contributed by atoms with Crippen molar-refractivity contribution in [1.29, 1.82) is 0 Å². The van der Waals surface area contributed by atoms with E-state index in [0.717, 1.165) is 39.7 Å². The van der Waals surface area contributed by atoms with Gasteiger partial charge in [-0.05, 0) is 51.5 Å². The highest BCUT2D eigenvalue weighted by atomic mass is 79.9. The number of anilines is 1. The Balaban J connectivity index is 2.52. The Morgan fingerprint density at radius 3 is 2.90 bits per heavy atom. The maximum Gasteiger partial charge on any atom is 0.125 e. The summed E-state index contributed by atoms with van der Waals surface area (Å²) in [5.74, 6) is 0. The number of nitrogens with two attached hydrogens (primary N) is 1. The van der Waals surface area contributed by atoms with E-state index in [1.54, 1.807) is 6.08 Å². The predicted molar refractivity (Wildman–Crippen MR) is 87.3 cm³/mol. The molecule has 0 atom stereocenters. The second-order valence-corrected chi connectivity index (χ2v) is 5.74. The molecule has 1 aromatic rings. The average Bonchev–Trinajstić information content (AvgIpc) is 2.62. The van der Waals surface area contributed by atoms with Crippen LogP contribution >= 0.6 is 27.5 Å². The quantitative estimate of drug-likeness (QED) is 0.620. The van der Waals surface area contributed by atoms with Gasteiger partial charge in [0.1, 0.15) is 6.67 Å². The Morgan fingerprint density at radius 1 is 1.50 bits per heavy atom. The van der Waals surface area contributed by atoms with Crippen molar-refractivity contribution in [2.45, 2.75) is 19.3 Å². The first kappa shape index (κ1) is 15.3. The number of benzene rings is 1. The van der Waals surface area contributed by atoms with Crippen molar-refractivity contribution in [2.24, 2.45) is 4.99 Å². The molecule has 20 heavy (non-hydrogen) atoms. The van der Waals surface area contributed by atoms with Gasteiger partial charge in [0.05, 0.1) is 10.7 Å². The molecule has 0 amide bonds. The average molecular weight is 358 g/mol. The Labute approximate surface area is 131 Å². The number of hydrogen-bond acceptors (Lipinski definition) is 2. The highest BCUT2D eigenvalue weighted by Crippen LogP contribution is 2.38. The molecule has 2 nitrogen and oxygen atoms in total. The van der Waals surface area contributed by atoms with Gasteiger partial charge < -0.3 is 5.73 Å². The zero-order valence-electron chi connectivity index (χ0n) is 10.9. The highest BCUT2D eigenvalue weighted by molar-refractivity contribution is 9.10. The van der Waals surface area contributed by atoms with Crippen LogP contribution in [0.4, 0.5) is 10.1 Å². The molecule has 0 spiro atoms. The van der Waals surface area contributed by atoms with Crippen molar-refractivity contribution in [3.8, 4) is 0 Å². The minimum absolute atomic E-state index is 0.529. The summed E-state index contributed by atoms with van der Waals surface area (Å²) in [6.07, 6.45) is 5.30. The van der Waals surface area contributed by atoms with Gasteiger partial charge in [0.15, 0.2) is 0 Å². The molecule has 0 bridgehead atoms. The van der Waals surface area contributed by atoms with Crippen LogP contribution in [0.3, 0.4) is 0 Å². The lowest BCUT2D eigenvalue weighted by atomic mass is 10.0. The number of aryl methyl sites for hydroxylation is 1. The third-order valence-corrected chi connectivity index (χ3v) is 4.61. The molecule has 1 aliphatic carbocycles. The summed E-state index contributed by atoms with van der Waals surface area (Å²) >= 11 is 9.63. The number of hydrogen-bond donors (Lipinski definition) is 1. The third kappa shape index (κ3) is 2.96. The van der Waals surface area contributed by atoms with Gasteiger partial charge in [-0.15, -0.1) is 0 Å². The number of allylic oxidation sites excluding steroid dienone is 3. The summed E-state index contributed by atoms with van der Waals surface area (Å²) in [6.45, 7) is 3.24. The first-order valence-corrected chi connectivity index (χ1v) is 7.43. The van der Waals surface area contributed by atoms with Crippen LogP contribution in [0.15, 0.2) is 39.5 Å². The Kier molecular flexibility index (Phi) is 5.00. The fourth-order valence-electron chi connectivity index (χ4n) is 2.33. The number of fused-ring (bicyclic) bond motifs is 1. The Morgan fingerprint density at radius 2 is 2.25 bits per heavy atom. The minimum atomic E-state index is -0.579. The number of halogens is 3. The van der Waals surface area contributed by atoms with Crippen LogP contribution in [0.2, 0.25) is 5.02 Å². The SMILES string of the molecule is C=CC1=C(N=CCF)Cc2c(cc(Cl)c(N)c2Br)CC1. The lowest BCUT2D eigenvalue weighted by molar-refractivity contribution is 0.587. The standard InChI is InChI=1S/C15H15BrClFN2/c1-2-9-3-4-10-7-12(17)15(19)14(16)11(10)8-13(9)20-6-5-18/h2,6-7H,1,3-5,8,19H2. The van der Waals surface area contributed by atoms with Crippen LogP contribution in [0, 0.1) is 0 Å².